The van der Waals surface area contributed by atoms with Crippen LogP contribution in [0.25, 0.3) is 42.3 Å². The Labute approximate surface area is 235 Å². The van der Waals surface area contributed by atoms with Crippen molar-refractivity contribution in [1.82, 2.24) is 9.97 Å². The average molecular weight is 532 g/mol. The maximum Gasteiger partial charge on any atom is 0.116 e. The van der Waals surface area contributed by atoms with Gasteiger partial charge in [0.25, 0.3) is 0 Å². The van der Waals surface area contributed by atoms with E-state index >= 15 is 0 Å². The topological polar surface area (TPSA) is 49.6 Å². The van der Waals surface area contributed by atoms with E-state index in [2.05, 4.69) is 90.9 Å². The third kappa shape index (κ3) is 4.72. The zero-order valence-electron chi connectivity index (χ0n) is 24.1. The Kier molecular flexibility index (Phi) is 5.90. The van der Waals surface area contributed by atoms with Crippen LogP contribution in [0.5, 0.6) is 0 Å². The summed E-state index contributed by atoms with van der Waals surface area (Å²) in [6.45, 7) is 16.4. The highest BCUT2D eigenvalue weighted by molar-refractivity contribution is 7.26. The van der Waals surface area contributed by atoms with Crippen molar-refractivity contribution in [2.75, 3.05) is 0 Å². The summed E-state index contributed by atoms with van der Waals surface area (Å²) in [5.41, 5.74) is 7.13. The van der Waals surface area contributed by atoms with E-state index in [-0.39, 0.29) is 5.41 Å². The van der Waals surface area contributed by atoms with Gasteiger partial charge in [0.05, 0.1) is 27.5 Å². The molecule has 3 nitrogen and oxygen atoms in total. The lowest BCUT2D eigenvalue weighted by atomic mass is 9.60. The van der Waals surface area contributed by atoms with Crippen LogP contribution in [0.1, 0.15) is 90.3 Å². The van der Waals surface area contributed by atoms with E-state index in [0.29, 0.717) is 22.3 Å². The summed E-state index contributed by atoms with van der Waals surface area (Å²) < 4.78 is 2.42. The molecule has 0 bridgehead atoms. The van der Waals surface area contributed by atoms with Crippen molar-refractivity contribution >= 4 is 42.4 Å². The van der Waals surface area contributed by atoms with Gasteiger partial charge in [-0.05, 0) is 93.7 Å². The Morgan fingerprint density at radius 1 is 0.897 bits per heavy atom. The molecular formula is C35H37N3S. The molecular weight excluding hydrogens is 494 g/mol. The molecule has 0 saturated heterocycles. The van der Waals surface area contributed by atoms with E-state index in [4.69, 9.17) is 9.97 Å². The highest BCUT2D eigenvalue weighted by Gasteiger charge is 2.39. The Morgan fingerprint density at radius 3 is 2.31 bits per heavy atom. The average Bonchev–Trinajstić information content (AvgIpc) is 3.23. The number of benzene rings is 3. The van der Waals surface area contributed by atoms with Gasteiger partial charge in [0, 0.05) is 15.6 Å². The zero-order valence-corrected chi connectivity index (χ0v) is 25.0. The fourth-order valence-corrected chi connectivity index (χ4v) is 8.55. The van der Waals surface area contributed by atoms with E-state index in [0.717, 1.165) is 26.9 Å². The second-order valence-electron chi connectivity index (χ2n) is 14.2. The highest BCUT2D eigenvalue weighted by Crippen LogP contribution is 2.52. The van der Waals surface area contributed by atoms with Gasteiger partial charge in [-0.2, -0.15) is 5.26 Å². The molecule has 1 saturated carbocycles. The summed E-state index contributed by atoms with van der Waals surface area (Å²) in [5.74, 6) is 0.577. The molecule has 0 unspecified atom stereocenters. The third-order valence-corrected chi connectivity index (χ3v) is 9.61. The van der Waals surface area contributed by atoms with Crippen molar-refractivity contribution in [2.45, 2.75) is 79.1 Å². The van der Waals surface area contributed by atoms with Gasteiger partial charge in [0.1, 0.15) is 6.33 Å². The number of hydrogen-bond donors (Lipinski definition) is 0. The predicted molar refractivity (Wildman–Crippen MR) is 165 cm³/mol. The van der Waals surface area contributed by atoms with Crippen LogP contribution in [0.2, 0.25) is 0 Å². The number of fused-ring (bicyclic) bond motifs is 4. The maximum atomic E-state index is 9.54. The molecule has 198 valence electrons. The van der Waals surface area contributed by atoms with Crippen molar-refractivity contribution in [3.8, 4) is 17.3 Å². The van der Waals surface area contributed by atoms with Crippen molar-refractivity contribution in [3.05, 3.63) is 71.5 Å². The van der Waals surface area contributed by atoms with Gasteiger partial charge in [-0.15, -0.1) is 11.3 Å². The van der Waals surface area contributed by atoms with Gasteiger partial charge < -0.3 is 0 Å². The normalized spacial score (nSPS) is 17.6. The van der Waals surface area contributed by atoms with E-state index in [1.807, 2.05) is 23.5 Å². The largest absolute Gasteiger partial charge is 0.235 e. The summed E-state index contributed by atoms with van der Waals surface area (Å²) in [4.78, 5) is 9.59. The van der Waals surface area contributed by atoms with E-state index in [1.54, 1.807) is 6.33 Å². The molecule has 6 rings (SSSR count). The van der Waals surface area contributed by atoms with E-state index < -0.39 is 0 Å². The Balaban J connectivity index is 1.52. The number of aromatic nitrogens is 2. The summed E-state index contributed by atoms with van der Waals surface area (Å²) in [7, 11) is 0. The SMILES string of the molecule is CC1(C)CC(c2ccc3c(c2)sc2c(-c4cc(C(C)(C)C)c5ccc(C#N)cc5c4)ncnc23)CC(C)(C)C1. The number of nitrogens with zero attached hydrogens (tertiary/aromatic N) is 3. The lowest BCUT2D eigenvalue weighted by Gasteiger charge is -2.45. The van der Waals surface area contributed by atoms with Crippen LogP contribution in [-0.2, 0) is 5.41 Å². The molecule has 1 aliphatic carbocycles. The fourth-order valence-electron chi connectivity index (χ4n) is 7.33. The number of thiophene rings is 1. The summed E-state index contributed by atoms with van der Waals surface area (Å²) in [5, 5.41) is 13.0. The van der Waals surface area contributed by atoms with Crippen LogP contribution in [0, 0.1) is 22.2 Å². The minimum Gasteiger partial charge on any atom is -0.235 e. The first-order valence-electron chi connectivity index (χ1n) is 14.0. The van der Waals surface area contributed by atoms with Gasteiger partial charge in [-0.25, -0.2) is 9.97 Å². The van der Waals surface area contributed by atoms with Gasteiger partial charge in [-0.1, -0.05) is 66.7 Å². The minimum absolute atomic E-state index is 0.0504. The smallest absolute Gasteiger partial charge is 0.116 e. The van der Waals surface area contributed by atoms with Crippen LogP contribution in [0.4, 0.5) is 0 Å². The number of rotatable bonds is 2. The highest BCUT2D eigenvalue weighted by atomic mass is 32.1. The van der Waals surface area contributed by atoms with Crippen molar-refractivity contribution < 1.29 is 0 Å². The molecule has 4 heteroatoms. The van der Waals surface area contributed by atoms with Crippen LogP contribution in [0.3, 0.4) is 0 Å². The first-order valence-corrected chi connectivity index (χ1v) is 14.8. The van der Waals surface area contributed by atoms with Gasteiger partial charge in [-0.3, -0.25) is 0 Å². The van der Waals surface area contributed by atoms with Crippen molar-refractivity contribution in [3.63, 3.8) is 0 Å². The van der Waals surface area contributed by atoms with Crippen LogP contribution >= 0.6 is 11.3 Å². The van der Waals surface area contributed by atoms with Crippen molar-refractivity contribution in [2.24, 2.45) is 10.8 Å². The second kappa shape index (κ2) is 8.86. The van der Waals surface area contributed by atoms with Crippen LogP contribution < -0.4 is 0 Å². The number of nitriles is 1. The molecule has 1 fully saturated rings. The molecule has 3 aromatic carbocycles. The maximum absolute atomic E-state index is 9.54. The predicted octanol–water partition coefficient (Wildman–Crippen LogP) is 10.2. The van der Waals surface area contributed by atoms with Gasteiger partial charge in [0.2, 0.25) is 0 Å². The lowest BCUT2D eigenvalue weighted by molar-refractivity contribution is 0.0969. The second-order valence-corrected chi connectivity index (χ2v) is 15.2. The monoisotopic (exact) mass is 531 g/mol. The molecule has 0 radical (unpaired) electrons. The summed E-state index contributed by atoms with van der Waals surface area (Å²) in [6, 6.07) is 19.8. The molecule has 1 aliphatic rings. The Morgan fingerprint density at radius 2 is 1.62 bits per heavy atom. The quantitative estimate of drug-likeness (QED) is 0.228. The minimum atomic E-state index is -0.0504. The van der Waals surface area contributed by atoms with Crippen LogP contribution in [-0.4, -0.2) is 9.97 Å². The lowest BCUT2D eigenvalue weighted by Crippen LogP contribution is -2.32. The van der Waals surface area contributed by atoms with Gasteiger partial charge in [0.15, 0.2) is 0 Å². The van der Waals surface area contributed by atoms with E-state index in [1.165, 1.54) is 45.9 Å². The standard InChI is InChI=1S/C35H37N3S/c1-33(2,3)28-14-24(13-23-12-21(18-36)8-10-26(23)28)30-32-31(38-20-37-30)27-11-9-22(15-29(27)39-32)25-16-34(4,5)19-35(6,7)17-25/h8-15,20,25H,16-17,19H2,1-7H3. The first kappa shape index (κ1) is 26.0. The molecule has 5 aromatic rings. The van der Waals surface area contributed by atoms with E-state index in [9.17, 15) is 5.26 Å². The summed E-state index contributed by atoms with van der Waals surface area (Å²) >= 11 is 1.81. The molecule has 0 amide bonds. The van der Waals surface area contributed by atoms with Crippen LogP contribution in [0.15, 0.2) is 54.9 Å². The molecule has 0 N–H and O–H groups in total. The molecule has 2 aromatic heterocycles. The zero-order chi connectivity index (χ0) is 27.7. The fraction of sp³-hybridized carbons (Fsp3) is 0.400. The molecule has 2 heterocycles. The Bertz CT molecular complexity index is 1780. The third-order valence-electron chi connectivity index (χ3n) is 8.47. The van der Waals surface area contributed by atoms with Crippen molar-refractivity contribution in [1.29, 1.82) is 5.26 Å². The molecule has 0 atom stereocenters. The first-order chi connectivity index (χ1) is 18.3. The molecule has 39 heavy (non-hydrogen) atoms. The Hall–Kier alpha value is -3.29. The molecule has 0 spiro atoms. The summed E-state index contributed by atoms with van der Waals surface area (Å²) in [6.07, 6.45) is 5.44. The van der Waals surface area contributed by atoms with Gasteiger partial charge >= 0.3 is 0 Å². The molecule has 0 aliphatic heterocycles. The number of hydrogen-bond acceptors (Lipinski definition) is 4.